The smallest absolute Gasteiger partial charge is 0.231 e. The third-order valence-electron chi connectivity index (χ3n) is 4.73. The van der Waals surface area contributed by atoms with Crippen molar-refractivity contribution in [2.45, 2.75) is 39.8 Å². The van der Waals surface area contributed by atoms with Gasteiger partial charge < -0.3 is 10.6 Å². The molecule has 0 saturated carbocycles. The maximum Gasteiger partial charge on any atom is 0.231 e. The molecule has 28 heavy (non-hydrogen) atoms. The van der Waals surface area contributed by atoms with Gasteiger partial charge in [-0.1, -0.05) is 61.9 Å². The van der Waals surface area contributed by atoms with Gasteiger partial charge in [-0.25, -0.2) is 4.98 Å². The van der Waals surface area contributed by atoms with Gasteiger partial charge in [-0.3, -0.25) is 4.79 Å². The number of thiazole rings is 1. The van der Waals surface area contributed by atoms with Gasteiger partial charge in [0, 0.05) is 22.5 Å². The van der Waals surface area contributed by atoms with E-state index in [1.165, 1.54) is 11.1 Å². The summed E-state index contributed by atoms with van der Waals surface area (Å²) in [6.45, 7) is 7.33. The van der Waals surface area contributed by atoms with Crippen molar-refractivity contribution in [3.05, 3.63) is 81.8 Å². The molecule has 3 aromatic rings. The normalized spacial score (nSPS) is 12.1. The molecule has 0 bridgehead atoms. The SMILES string of the molecule is Cc1ccc(NC(=O)Cc2nc(C[NH2+][C@H](c3ccccc3)C(C)C)cs2)cc1. The summed E-state index contributed by atoms with van der Waals surface area (Å²) in [4.78, 5) is 16.9. The lowest BCUT2D eigenvalue weighted by molar-refractivity contribution is -0.717. The number of nitrogens with zero attached hydrogens (tertiary/aromatic N) is 1. The summed E-state index contributed by atoms with van der Waals surface area (Å²) < 4.78 is 0. The topological polar surface area (TPSA) is 58.6 Å². The molecular formula is C23H28N3OS+. The summed E-state index contributed by atoms with van der Waals surface area (Å²) in [6.07, 6.45) is 0.310. The van der Waals surface area contributed by atoms with Crippen molar-refractivity contribution in [2.24, 2.45) is 5.92 Å². The number of nitrogens with one attached hydrogen (secondary N) is 1. The first-order chi connectivity index (χ1) is 13.5. The van der Waals surface area contributed by atoms with Crippen LogP contribution in [0.3, 0.4) is 0 Å². The molecule has 0 fully saturated rings. The van der Waals surface area contributed by atoms with Crippen molar-refractivity contribution >= 4 is 22.9 Å². The van der Waals surface area contributed by atoms with E-state index in [-0.39, 0.29) is 5.91 Å². The van der Waals surface area contributed by atoms with E-state index in [1.54, 1.807) is 11.3 Å². The second-order valence-electron chi connectivity index (χ2n) is 7.44. The third kappa shape index (κ3) is 5.75. The van der Waals surface area contributed by atoms with E-state index in [0.29, 0.717) is 18.4 Å². The molecule has 0 saturated heterocycles. The molecule has 3 rings (SSSR count). The Labute approximate surface area is 171 Å². The Morgan fingerprint density at radius 2 is 1.82 bits per heavy atom. The zero-order valence-electron chi connectivity index (χ0n) is 16.7. The maximum atomic E-state index is 12.3. The molecule has 1 amide bonds. The number of carbonyl (C=O) groups is 1. The lowest BCUT2D eigenvalue weighted by Gasteiger charge is -2.19. The summed E-state index contributed by atoms with van der Waals surface area (Å²) in [5, 5.41) is 8.19. The number of benzene rings is 2. The Morgan fingerprint density at radius 1 is 1.11 bits per heavy atom. The van der Waals surface area contributed by atoms with Gasteiger partial charge in [0.1, 0.15) is 23.3 Å². The van der Waals surface area contributed by atoms with Crippen LogP contribution in [0.2, 0.25) is 0 Å². The zero-order chi connectivity index (χ0) is 19.9. The van der Waals surface area contributed by atoms with Crippen LogP contribution in [0.1, 0.15) is 41.7 Å². The fourth-order valence-corrected chi connectivity index (χ4v) is 4.02. The van der Waals surface area contributed by atoms with Crippen LogP contribution in [0.5, 0.6) is 0 Å². The highest BCUT2D eigenvalue weighted by Crippen LogP contribution is 2.18. The lowest BCUT2D eigenvalue weighted by Crippen LogP contribution is -2.84. The van der Waals surface area contributed by atoms with Crippen LogP contribution in [0.4, 0.5) is 5.69 Å². The Kier molecular flexibility index (Phi) is 6.95. The summed E-state index contributed by atoms with van der Waals surface area (Å²) in [7, 11) is 0. The zero-order valence-corrected chi connectivity index (χ0v) is 17.5. The molecule has 0 aliphatic rings. The first-order valence-corrected chi connectivity index (χ1v) is 10.6. The second kappa shape index (κ2) is 9.62. The van der Waals surface area contributed by atoms with Crippen LogP contribution in [0.15, 0.2) is 60.0 Å². The molecule has 1 heterocycles. The molecule has 146 valence electrons. The van der Waals surface area contributed by atoms with E-state index < -0.39 is 0 Å². The van der Waals surface area contributed by atoms with E-state index in [9.17, 15) is 4.79 Å². The van der Waals surface area contributed by atoms with E-state index in [0.717, 1.165) is 22.9 Å². The number of aryl methyl sites for hydroxylation is 1. The molecule has 0 aliphatic heterocycles. The number of quaternary nitrogens is 1. The molecule has 2 aromatic carbocycles. The van der Waals surface area contributed by atoms with Crippen LogP contribution < -0.4 is 10.6 Å². The molecule has 0 unspecified atom stereocenters. The van der Waals surface area contributed by atoms with Crippen LogP contribution in [0.25, 0.3) is 0 Å². The number of nitrogens with two attached hydrogens (primary N) is 1. The predicted molar refractivity (Wildman–Crippen MR) is 115 cm³/mol. The Balaban J connectivity index is 1.54. The maximum absolute atomic E-state index is 12.3. The first kappa shape index (κ1) is 20.2. The third-order valence-corrected chi connectivity index (χ3v) is 5.63. The first-order valence-electron chi connectivity index (χ1n) is 9.69. The van der Waals surface area contributed by atoms with Crippen molar-refractivity contribution in [3.63, 3.8) is 0 Å². The Morgan fingerprint density at radius 3 is 2.50 bits per heavy atom. The van der Waals surface area contributed by atoms with Crippen LogP contribution in [-0.4, -0.2) is 10.9 Å². The highest BCUT2D eigenvalue weighted by Gasteiger charge is 2.19. The number of carbonyl (C=O) groups excluding carboxylic acids is 1. The van der Waals surface area contributed by atoms with Gasteiger partial charge >= 0.3 is 0 Å². The second-order valence-corrected chi connectivity index (χ2v) is 8.39. The van der Waals surface area contributed by atoms with Crippen LogP contribution >= 0.6 is 11.3 Å². The summed E-state index contributed by atoms with van der Waals surface area (Å²) in [6, 6.07) is 18.8. The highest BCUT2D eigenvalue weighted by atomic mass is 32.1. The minimum absolute atomic E-state index is 0.0296. The fraction of sp³-hybridized carbons (Fsp3) is 0.304. The number of anilines is 1. The lowest BCUT2D eigenvalue weighted by atomic mass is 9.96. The monoisotopic (exact) mass is 394 g/mol. The van der Waals surface area contributed by atoms with E-state index >= 15 is 0 Å². The van der Waals surface area contributed by atoms with Crippen LogP contribution in [0, 0.1) is 12.8 Å². The molecule has 0 radical (unpaired) electrons. The van der Waals surface area contributed by atoms with E-state index in [1.807, 2.05) is 31.2 Å². The average Bonchev–Trinajstić information content (AvgIpc) is 3.11. The van der Waals surface area contributed by atoms with Crippen molar-refractivity contribution in [2.75, 3.05) is 5.32 Å². The van der Waals surface area contributed by atoms with E-state index in [4.69, 9.17) is 0 Å². The summed E-state index contributed by atoms with van der Waals surface area (Å²) in [5.74, 6) is 0.499. The van der Waals surface area contributed by atoms with Gasteiger partial charge in [-0.15, -0.1) is 11.3 Å². The molecule has 0 spiro atoms. The number of rotatable bonds is 8. The van der Waals surface area contributed by atoms with Crippen molar-refractivity contribution in [3.8, 4) is 0 Å². The number of hydrogen-bond acceptors (Lipinski definition) is 3. The van der Waals surface area contributed by atoms with Crippen molar-refractivity contribution < 1.29 is 10.1 Å². The standard InChI is InChI=1S/C23H27N3OS/c1-16(2)23(18-7-5-4-6-8-18)24-14-20-15-28-22(26-20)13-21(27)25-19-11-9-17(3)10-12-19/h4-12,15-16,23-24H,13-14H2,1-3H3,(H,25,27)/p+1/t23-/m0/s1. The quantitative estimate of drug-likeness (QED) is 0.604. The van der Waals surface area contributed by atoms with Gasteiger partial charge in [0.05, 0.1) is 6.42 Å². The van der Waals surface area contributed by atoms with Gasteiger partial charge in [0.15, 0.2) is 0 Å². The minimum Gasteiger partial charge on any atom is -0.335 e. The Bertz CT molecular complexity index is 888. The number of amides is 1. The van der Waals surface area contributed by atoms with Gasteiger partial charge in [0.25, 0.3) is 0 Å². The summed E-state index contributed by atoms with van der Waals surface area (Å²) >= 11 is 1.55. The average molecular weight is 395 g/mol. The minimum atomic E-state index is -0.0296. The molecule has 3 N–H and O–H groups in total. The largest absolute Gasteiger partial charge is 0.335 e. The van der Waals surface area contributed by atoms with Gasteiger partial charge in [-0.2, -0.15) is 0 Å². The highest BCUT2D eigenvalue weighted by molar-refractivity contribution is 7.09. The molecule has 5 heteroatoms. The van der Waals surface area contributed by atoms with E-state index in [2.05, 4.69) is 65.2 Å². The fourth-order valence-electron chi connectivity index (χ4n) is 3.22. The van der Waals surface area contributed by atoms with Crippen molar-refractivity contribution in [1.29, 1.82) is 0 Å². The Hall–Kier alpha value is -2.50. The van der Waals surface area contributed by atoms with Crippen molar-refractivity contribution in [1.82, 2.24) is 4.98 Å². The van der Waals surface area contributed by atoms with Crippen LogP contribution in [-0.2, 0) is 17.8 Å². The molecule has 1 aromatic heterocycles. The number of aromatic nitrogens is 1. The molecule has 1 atom stereocenters. The summed E-state index contributed by atoms with van der Waals surface area (Å²) in [5.41, 5.74) is 4.37. The molecule has 4 nitrogen and oxygen atoms in total. The predicted octanol–water partition coefficient (Wildman–Crippen LogP) is 4.09. The molecular weight excluding hydrogens is 366 g/mol. The van der Waals surface area contributed by atoms with Gasteiger partial charge in [0.2, 0.25) is 5.91 Å². The number of hydrogen-bond donors (Lipinski definition) is 2. The molecule has 0 aliphatic carbocycles. The van der Waals surface area contributed by atoms with Gasteiger partial charge in [-0.05, 0) is 19.1 Å².